The molecule has 0 aliphatic heterocycles. The van der Waals surface area contributed by atoms with Crippen LogP contribution in [0.2, 0.25) is 0 Å². The molecule has 18 heavy (non-hydrogen) atoms. The molecule has 0 atom stereocenters. The van der Waals surface area contributed by atoms with Crippen LogP contribution >= 0.6 is 0 Å². The van der Waals surface area contributed by atoms with Crippen molar-refractivity contribution in [1.29, 1.82) is 0 Å². The number of ketones is 1. The third kappa shape index (κ3) is 1.57. The Balaban J connectivity index is 2.29. The highest BCUT2D eigenvalue weighted by Crippen LogP contribution is 2.19. The van der Waals surface area contributed by atoms with Crippen molar-refractivity contribution in [1.82, 2.24) is 19.6 Å². The first-order valence-electron chi connectivity index (χ1n) is 5.51. The number of hydrogen-bond acceptors (Lipinski definition) is 4. The first-order chi connectivity index (χ1) is 8.77. The molecule has 0 fully saturated rings. The van der Waals surface area contributed by atoms with E-state index < -0.39 is 0 Å². The Morgan fingerprint density at radius 1 is 1.22 bits per heavy atom. The van der Waals surface area contributed by atoms with Gasteiger partial charge in [-0.2, -0.15) is 5.10 Å². The second-order valence-corrected chi connectivity index (χ2v) is 3.92. The highest BCUT2D eigenvalue weighted by Gasteiger charge is 2.12. The Hall–Kier alpha value is -2.56. The average Bonchev–Trinajstić information content (AvgIpc) is 2.83. The van der Waals surface area contributed by atoms with E-state index >= 15 is 0 Å². The summed E-state index contributed by atoms with van der Waals surface area (Å²) in [5.41, 5.74) is 2.90. The van der Waals surface area contributed by atoms with Crippen molar-refractivity contribution in [2.45, 2.75) is 6.92 Å². The molecule has 88 valence electrons. The lowest BCUT2D eigenvalue weighted by Crippen LogP contribution is -1.98. The molecule has 0 spiro atoms. The lowest BCUT2D eigenvalue weighted by atomic mass is 10.2. The first-order valence-corrected chi connectivity index (χ1v) is 5.51. The summed E-state index contributed by atoms with van der Waals surface area (Å²) in [7, 11) is 0. The van der Waals surface area contributed by atoms with E-state index in [1.54, 1.807) is 29.3 Å². The van der Waals surface area contributed by atoms with E-state index in [0.29, 0.717) is 11.2 Å². The number of nitrogens with zero attached hydrogens (tertiary/aromatic N) is 4. The minimum atomic E-state index is -0.0409. The van der Waals surface area contributed by atoms with Crippen molar-refractivity contribution in [2.24, 2.45) is 0 Å². The van der Waals surface area contributed by atoms with Crippen molar-refractivity contribution in [2.75, 3.05) is 0 Å². The van der Waals surface area contributed by atoms with Crippen LogP contribution in [0.3, 0.4) is 0 Å². The van der Waals surface area contributed by atoms with Gasteiger partial charge in [0.05, 0.1) is 17.5 Å². The molecule has 0 unspecified atom stereocenters. The average molecular weight is 238 g/mol. The van der Waals surface area contributed by atoms with Crippen LogP contribution in [0.5, 0.6) is 0 Å². The zero-order valence-electron chi connectivity index (χ0n) is 9.74. The Labute approximate surface area is 103 Å². The molecule has 0 saturated heterocycles. The number of fused-ring (bicyclic) bond motifs is 1. The molecular weight excluding hydrogens is 228 g/mol. The minimum absolute atomic E-state index is 0.0409. The summed E-state index contributed by atoms with van der Waals surface area (Å²) in [4.78, 5) is 19.8. The van der Waals surface area contributed by atoms with Crippen LogP contribution in [0.25, 0.3) is 16.9 Å². The van der Waals surface area contributed by atoms with Crippen LogP contribution in [0.4, 0.5) is 0 Å². The fraction of sp³-hybridized carbons (Fsp3) is 0.0769. The molecule has 0 bridgehead atoms. The van der Waals surface area contributed by atoms with Gasteiger partial charge >= 0.3 is 0 Å². The maximum Gasteiger partial charge on any atom is 0.166 e. The number of carbonyl (C=O) groups excluding carboxylic acids is 1. The molecule has 0 aliphatic carbocycles. The second kappa shape index (κ2) is 4.03. The van der Waals surface area contributed by atoms with Crippen molar-refractivity contribution >= 4 is 11.4 Å². The highest BCUT2D eigenvalue weighted by atomic mass is 16.1. The van der Waals surface area contributed by atoms with Gasteiger partial charge in [-0.1, -0.05) is 0 Å². The van der Waals surface area contributed by atoms with Gasteiger partial charge < -0.3 is 0 Å². The van der Waals surface area contributed by atoms with E-state index in [0.717, 1.165) is 11.3 Å². The van der Waals surface area contributed by atoms with Crippen molar-refractivity contribution in [3.63, 3.8) is 0 Å². The summed E-state index contributed by atoms with van der Waals surface area (Å²) in [5.74, 6) is -0.0409. The zero-order chi connectivity index (χ0) is 12.5. The van der Waals surface area contributed by atoms with Gasteiger partial charge in [0.1, 0.15) is 0 Å². The summed E-state index contributed by atoms with van der Waals surface area (Å²) in [6.45, 7) is 1.51. The fourth-order valence-corrected chi connectivity index (χ4v) is 1.87. The van der Waals surface area contributed by atoms with Crippen molar-refractivity contribution < 1.29 is 4.79 Å². The van der Waals surface area contributed by atoms with Gasteiger partial charge in [0, 0.05) is 24.2 Å². The van der Waals surface area contributed by atoms with Crippen LogP contribution in [-0.2, 0) is 0 Å². The summed E-state index contributed by atoms with van der Waals surface area (Å²) in [6.07, 6.45) is 6.69. The molecule has 0 radical (unpaired) electrons. The lowest BCUT2D eigenvalue weighted by molar-refractivity contribution is 0.101. The number of aromatic nitrogens is 4. The quantitative estimate of drug-likeness (QED) is 0.640. The predicted molar refractivity (Wildman–Crippen MR) is 66.2 cm³/mol. The Morgan fingerprint density at radius 3 is 2.83 bits per heavy atom. The normalized spacial score (nSPS) is 10.7. The fourth-order valence-electron chi connectivity index (χ4n) is 1.87. The Morgan fingerprint density at radius 2 is 2.11 bits per heavy atom. The largest absolute Gasteiger partial charge is 0.294 e. The molecule has 5 heteroatoms. The topological polar surface area (TPSA) is 60.2 Å². The van der Waals surface area contributed by atoms with E-state index in [2.05, 4.69) is 15.1 Å². The zero-order valence-corrected chi connectivity index (χ0v) is 9.74. The van der Waals surface area contributed by atoms with Crippen molar-refractivity contribution in [3.8, 4) is 11.3 Å². The van der Waals surface area contributed by atoms with Gasteiger partial charge in [0.15, 0.2) is 11.4 Å². The lowest BCUT2D eigenvalue weighted by Gasteiger charge is -2.03. The molecule has 3 rings (SSSR count). The first kappa shape index (κ1) is 10.6. The number of Topliss-reactive ketones (excluding diaryl/α,β-unsaturated/α-hetero) is 1. The van der Waals surface area contributed by atoms with Crippen molar-refractivity contribution in [3.05, 3.63) is 48.5 Å². The molecule has 0 aromatic carbocycles. The summed E-state index contributed by atoms with van der Waals surface area (Å²) < 4.78 is 1.66. The molecule has 5 nitrogen and oxygen atoms in total. The number of hydrogen-bond donors (Lipinski definition) is 0. The number of rotatable bonds is 2. The standard InChI is InChI=1S/C13H10N4O/c1-9(18)11-8-16-17-12(4-6-15-13(11)17)10-3-2-5-14-7-10/h2-8H,1H3. The van der Waals surface area contributed by atoms with Crippen LogP contribution < -0.4 is 0 Å². The van der Waals surface area contributed by atoms with Crippen LogP contribution in [0, 0.1) is 0 Å². The molecule has 0 saturated carbocycles. The number of carbonyl (C=O) groups is 1. The van der Waals surface area contributed by atoms with E-state index in [4.69, 9.17) is 0 Å². The molecule has 0 amide bonds. The molecule has 3 aromatic rings. The number of pyridine rings is 1. The molecule has 0 aliphatic rings. The van der Waals surface area contributed by atoms with Gasteiger partial charge in [-0.25, -0.2) is 9.50 Å². The monoisotopic (exact) mass is 238 g/mol. The Kier molecular flexibility index (Phi) is 2.37. The highest BCUT2D eigenvalue weighted by molar-refractivity contribution is 5.99. The second-order valence-electron chi connectivity index (χ2n) is 3.92. The van der Waals surface area contributed by atoms with E-state index in [1.165, 1.54) is 6.92 Å². The summed E-state index contributed by atoms with van der Waals surface area (Å²) in [6, 6.07) is 5.65. The molecule has 3 aromatic heterocycles. The van der Waals surface area contributed by atoms with E-state index in [-0.39, 0.29) is 5.78 Å². The smallest absolute Gasteiger partial charge is 0.166 e. The third-order valence-corrected chi connectivity index (χ3v) is 2.74. The van der Waals surface area contributed by atoms with Crippen LogP contribution in [-0.4, -0.2) is 25.4 Å². The van der Waals surface area contributed by atoms with Gasteiger partial charge in [-0.15, -0.1) is 0 Å². The van der Waals surface area contributed by atoms with E-state index in [9.17, 15) is 4.79 Å². The summed E-state index contributed by atoms with van der Waals surface area (Å²) >= 11 is 0. The third-order valence-electron chi connectivity index (χ3n) is 2.74. The molecular formula is C13H10N4O. The molecule has 0 N–H and O–H groups in total. The van der Waals surface area contributed by atoms with Crippen LogP contribution in [0.1, 0.15) is 17.3 Å². The SMILES string of the molecule is CC(=O)c1cnn2c(-c3cccnc3)ccnc12. The van der Waals surface area contributed by atoms with Gasteiger partial charge in [0.2, 0.25) is 0 Å². The predicted octanol–water partition coefficient (Wildman–Crippen LogP) is 1.99. The maximum atomic E-state index is 11.5. The van der Waals surface area contributed by atoms with E-state index in [1.807, 2.05) is 18.2 Å². The molecule has 3 heterocycles. The van der Waals surface area contributed by atoms with Gasteiger partial charge in [0.25, 0.3) is 0 Å². The van der Waals surface area contributed by atoms with Crippen LogP contribution in [0.15, 0.2) is 43.0 Å². The Bertz CT molecular complexity index is 718. The van der Waals surface area contributed by atoms with Gasteiger partial charge in [-0.3, -0.25) is 9.78 Å². The maximum absolute atomic E-state index is 11.5. The minimum Gasteiger partial charge on any atom is -0.294 e. The summed E-state index contributed by atoms with van der Waals surface area (Å²) in [5, 5.41) is 4.22. The van der Waals surface area contributed by atoms with Gasteiger partial charge in [-0.05, 0) is 25.1 Å².